The smallest absolute Gasteiger partial charge is 0.244 e. The van der Waals surface area contributed by atoms with E-state index in [4.69, 9.17) is 0 Å². The maximum absolute atomic E-state index is 13.1. The molecule has 0 aromatic heterocycles. The van der Waals surface area contributed by atoms with Crippen LogP contribution in [0.1, 0.15) is 25.7 Å². The second-order valence-corrected chi connectivity index (χ2v) is 10.4. The zero-order valence-electron chi connectivity index (χ0n) is 14.4. The van der Waals surface area contributed by atoms with Gasteiger partial charge in [-0.1, -0.05) is 12.1 Å². The second kappa shape index (κ2) is 7.32. The van der Waals surface area contributed by atoms with Crippen LogP contribution in [0.3, 0.4) is 0 Å². The monoisotopic (exact) mass is 387 g/mol. The summed E-state index contributed by atoms with van der Waals surface area (Å²) in [5.41, 5.74) is 0. The Hall–Kier alpha value is -1.00. The predicted octanol–water partition coefficient (Wildman–Crippen LogP) is 0.844. The molecular formula is C16H25N3O4S2. The number of rotatable bonds is 5. The zero-order valence-corrected chi connectivity index (χ0v) is 16.0. The molecule has 1 N–H and O–H groups in total. The van der Waals surface area contributed by atoms with E-state index in [0.29, 0.717) is 13.1 Å². The second-order valence-electron chi connectivity index (χ2n) is 6.56. The van der Waals surface area contributed by atoms with E-state index >= 15 is 0 Å². The Labute approximate surface area is 150 Å². The minimum atomic E-state index is -3.88. The van der Waals surface area contributed by atoms with E-state index in [1.54, 1.807) is 19.2 Å². The molecule has 1 aromatic rings. The number of hydrogen-bond acceptors (Lipinski definition) is 5. The van der Waals surface area contributed by atoms with Crippen molar-refractivity contribution >= 4 is 20.0 Å². The van der Waals surface area contributed by atoms with Gasteiger partial charge in [-0.25, -0.2) is 16.8 Å². The largest absolute Gasteiger partial charge is 0.317 e. The number of nitrogens with one attached hydrogen (secondary N) is 1. The summed E-state index contributed by atoms with van der Waals surface area (Å²) >= 11 is 0. The average molecular weight is 388 g/mol. The van der Waals surface area contributed by atoms with E-state index in [1.165, 1.54) is 20.7 Å². The molecule has 0 amide bonds. The van der Waals surface area contributed by atoms with Crippen LogP contribution in [0, 0.1) is 0 Å². The van der Waals surface area contributed by atoms with Crippen LogP contribution < -0.4 is 5.32 Å². The van der Waals surface area contributed by atoms with E-state index < -0.39 is 20.0 Å². The van der Waals surface area contributed by atoms with Crippen LogP contribution in [0.2, 0.25) is 0 Å². The van der Waals surface area contributed by atoms with Crippen molar-refractivity contribution in [3.8, 4) is 0 Å². The minimum Gasteiger partial charge on any atom is -0.317 e. The van der Waals surface area contributed by atoms with Gasteiger partial charge in [-0.15, -0.1) is 0 Å². The van der Waals surface area contributed by atoms with E-state index in [2.05, 4.69) is 5.32 Å². The van der Waals surface area contributed by atoms with Gasteiger partial charge in [0.2, 0.25) is 20.0 Å². The van der Waals surface area contributed by atoms with Crippen LogP contribution in [0.5, 0.6) is 0 Å². The van der Waals surface area contributed by atoms with Gasteiger partial charge in [-0.05, 0) is 50.9 Å². The molecule has 2 aliphatic heterocycles. The van der Waals surface area contributed by atoms with Crippen molar-refractivity contribution in [3.63, 3.8) is 0 Å². The molecule has 9 heteroatoms. The molecule has 0 spiro atoms. The zero-order chi connectivity index (χ0) is 18.1. The number of piperidine rings is 1. The summed E-state index contributed by atoms with van der Waals surface area (Å²) in [6.07, 6.45) is 3.06. The van der Waals surface area contributed by atoms with Crippen molar-refractivity contribution in [3.05, 3.63) is 24.3 Å². The molecule has 3 rings (SSSR count). The molecule has 0 unspecified atom stereocenters. The van der Waals surface area contributed by atoms with Gasteiger partial charge in [0.05, 0.1) is 0 Å². The van der Waals surface area contributed by atoms with E-state index in [0.717, 1.165) is 38.8 Å². The molecule has 25 heavy (non-hydrogen) atoms. The van der Waals surface area contributed by atoms with Crippen molar-refractivity contribution in [2.24, 2.45) is 0 Å². The quantitative estimate of drug-likeness (QED) is 0.809. The number of hydrogen-bond donors (Lipinski definition) is 1. The van der Waals surface area contributed by atoms with Crippen molar-refractivity contribution in [1.29, 1.82) is 0 Å². The lowest BCUT2D eigenvalue weighted by Gasteiger charge is -2.31. The molecule has 2 fully saturated rings. The first-order valence-corrected chi connectivity index (χ1v) is 11.5. The number of sulfonamides is 2. The van der Waals surface area contributed by atoms with Gasteiger partial charge < -0.3 is 5.32 Å². The third-order valence-electron chi connectivity index (χ3n) is 5.01. The summed E-state index contributed by atoms with van der Waals surface area (Å²) in [5, 5.41) is 3.21. The highest BCUT2D eigenvalue weighted by Gasteiger charge is 2.36. The lowest BCUT2D eigenvalue weighted by Crippen LogP contribution is -2.44. The van der Waals surface area contributed by atoms with Crippen LogP contribution in [-0.2, 0) is 20.0 Å². The SMILES string of the molecule is CN(C1CCNCC1)S(=O)(=O)c1ccccc1S(=O)(=O)N1CCCC1. The van der Waals surface area contributed by atoms with E-state index in [9.17, 15) is 16.8 Å². The molecule has 0 bridgehead atoms. The Bertz CT molecular complexity index is 812. The van der Waals surface area contributed by atoms with Crippen LogP contribution in [-0.4, -0.2) is 64.7 Å². The summed E-state index contributed by atoms with van der Waals surface area (Å²) in [7, 11) is -6.14. The van der Waals surface area contributed by atoms with Gasteiger partial charge in [-0.2, -0.15) is 8.61 Å². The Morgan fingerprint density at radius 3 is 2.16 bits per heavy atom. The van der Waals surface area contributed by atoms with Crippen molar-refractivity contribution in [2.75, 3.05) is 33.2 Å². The van der Waals surface area contributed by atoms with Gasteiger partial charge in [0.1, 0.15) is 9.79 Å². The summed E-state index contributed by atoms with van der Waals surface area (Å²) in [4.78, 5) is -0.236. The van der Waals surface area contributed by atoms with Crippen LogP contribution in [0.15, 0.2) is 34.1 Å². The molecule has 0 atom stereocenters. The van der Waals surface area contributed by atoms with Crippen LogP contribution in [0.25, 0.3) is 0 Å². The fourth-order valence-corrected chi connectivity index (χ4v) is 7.17. The Morgan fingerprint density at radius 1 is 1.00 bits per heavy atom. The summed E-state index contributed by atoms with van der Waals surface area (Å²) in [5.74, 6) is 0. The first-order chi connectivity index (χ1) is 11.8. The fourth-order valence-electron chi connectivity index (χ4n) is 3.47. The molecule has 140 valence electrons. The van der Waals surface area contributed by atoms with Gasteiger partial charge in [0.25, 0.3) is 0 Å². The molecule has 2 aliphatic rings. The molecule has 0 saturated carbocycles. The van der Waals surface area contributed by atoms with Gasteiger partial charge in [0.15, 0.2) is 0 Å². The average Bonchev–Trinajstić information content (AvgIpc) is 3.17. The van der Waals surface area contributed by atoms with Crippen molar-refractivity contribution in [2.45, 2.75) is 41.5 Å². The maximum Gasteiger partial charge on any atom is 0.244 e. The lowest BCUT2D eigenvalue weighted by atomic mass is 10.1. The van der Waals surface area contributed by atoms with Gasteiger partial charge >= 0.3 is 0 Å². The van der Waals surface area contributed by atoms with Crippen molar-refractivity contribution in [1.82, 2.24) is 13.9 Å². The summed E-state index contributed by atoms with van der Waals surface area (Å²) in [6.45, 7) is 2.41. The topological polar surface area (TPSA) is 86.8 Å². The third-order valence-corrected chi connectivity index (χ3v) is 9.07. The van der Waals surface area contributed by atoms with Crippen LogP contribution >= 0.6 is 0 Å². The lowest BCUT2D eigenvalue weighted by molar-refractivity contribution is 0.296. The van der Waals surface area contributed by atoms with Gasteiger partial charge in [0, 0.05) is 26.2 Å². The molecule has 0 radical (unpaired) electrons. The molecule has 7 nitrogen and oxygen atoms in total. The molecule has 2 saturated heterocycles. The standard InChI is InChI=1S/C16H25N3O4S2/c1-18(14-8-10-17-11-9-14)24(20,21)15-6-2-3-7-16(15)25(22,23)19-12-4-5-13-19/h2-3,6-7,14,17H,4-5,8-13H2,1H3. The summed E-state index contributed by atoms with van der Waals surface area (Å²) in [6, 6.07) is 5.83. The molecular weight excluding hydrogens is 362 g/mol. The highest BCUT2D eigenvalue weighted by molar-refractivity contribution is 7.92. The summed E-state index contributed by atoms with van der Waals surface area (Å²) < 4.78 is 54.9. The first kappa shape index (κ1) is 18.8. The number of benzene rings is 1. The normalized spacial score (nSPS) is 21.0. The minimum absolute atomic E-state index is 0.113. The molecule has 0 aliphatic carbocycles. The predicted molar refractivity (Wildman–Crippen MR) is 95.3 cm³/mol. The van der Waals surface area contributed by atoms with Crippen LogP contribution in [0.4, 0.5) is 0 Å². The van der Waals surface area contributed by atoms with E-state index in [1.807, 2.05) is 0 Å². The Kier molecular flexibility index (Phi) is 5.50. The molecule has 2 heterocycles. The van der Waals surface area contributed by atoms with Gasteiger partial charge in [-0.3, -0.25) is 0 Å². The fraction of sp³-hybridized carbons (Fsp3) is 0.625. The first-order valence-electron chi connectivity index (χ1n) is 8.63. The Morgan fingerprint density at radius 2 is 1.56 bits per heavy atom. The number of nitrogens with zero attached hydrogens (tertiary/aromatic N) is 2. The highest BCUT2D eigenvalue weighted by atomic mass is 32.2. The molecule has 1 aromatic carbocycles. The Balaban J connectivity index is 1.99. The third kappa shape index (κ3) is 3.61. The van der Waals surface area contributed by atoms with Crippen molar-refractivity contribution < 1.29 is 16.8 Å². The highest BCUT2D eigenvalue weighted by Crippen LogP contribution is 2.29. The maximum atomic E-state index is 13.1. The van der Waals surface area contributed by atoms with E-state index in [-0.39, 0.29) is 15.8 Å².